The largest absolute Gasteiger partial charge is 0.458 e. The van der Waals surface area contributed by atoms with E-state index < -0.39 is 29.3 Å². The van der Waals surface area contributed by atoms with E-state index in [9.17, 15) is 14.4 Å². The molecular formula is C26H41N3O6. The van der Waals surface area contributed by atoms with Gasteiger partial charge < -0.3 is 24.4 Å². The molecule has 0 aromatic heterocycles. The van der Waals surface area contributed by atoms with Crippen molar-refractivity contribution in [3.05, 3.63) is 29.8 Å². The predicted octanol–water partition coefficient (Wildman–Crippen LogP) is 3.15. The molecule has 0 radical (unpaired) electrons. The molecule has 1 aliphatic heterocycles. The van der Waals surface area contributed by atoms with Gasteiger partial charge in [-0.15, -0.1) is 0 Å². The lowest BCUT2D eigenvalue weighted by molar-refractivity contribution is -0.157. The third kappa shape index (κ3) is 10.2. The van der Waals surface area contributed by atoms with Gasteiger partial charge in [-0.3, -0.25) is 9.69 Å². The lowest BCUT2D eigenvalue weighted by Gasteiger charge is -2.34. The van der Waals surface area contributed by atoms with Crippen molar-refractivity contribution in [2.45, 2.75) is 72.1 Å². The van der Waals surface area contributed by atoms with Gasteiger partial charge in [0.15, 0.2) is 0 Å². The smallest absolute Gasteiger partial charge is 0.408 e. The van der Waals surface area contributed by atoms with Gasteiger partial charge in [-0.25, -0.2) is 9.59 Å². The number of hydrogen-bond acceptors (Lipinski definition) is 7. The summed E-state index contributed by atoms with van der Waals surface area (Å²) in [5.74, 6) is -0.496. The summed E-state index contributed by atoms with van der Waals surface area (Å²) in [5, 5.41) is 2.64. The van der Waals surface area contributed by atoms with Crippen molar-refractivity contribution in [2.75, 3.05) is 44.3 Å². The van der Waals surface area contributed by atoms with Crippen LogP contribution in [0.1, 0.15) is 54.0 Å². The van der Waals surface area contributed by atoms with Crippen LogP contribution in [-0.4, -0.2) is 79.5 Å². The number of anilines is 1. The second kappa shape index (κ2) is 12.4. The van der Waals surface area contributed by atoms with Crippen molar-refractivity contribution in [3.63, 3.8) is 0 Å². The third-order valence-electron chi connectivity index (χ3n) is 5.13. The second-order valence-corrected chi connectivity index (χ2v) is 10.6. The fraction of sp³-hybridized carbons (Fsp3) is 0.654. The van der Waals surface area contributed by atoms with Crippen LogP contribution in [0.15, 0.2) is 24.3 Å². The van der Waals surface area contributed by atoms with Gasteiger partial charge in [0, 0.05) is 38.3 Å². The van der Waals surface area contributed by atoms with E-state index in [1.54, 1.807) is 46.4 Å². The molecule has 0 bridgehead atoms. The summed E-state index contributed by atoms with van der Waals surface area (Å²) < 4.78 is 16.2. The van der Waals surface area contributed by atoms with Gasteiger partial charge in [0.1, 0.15) is 17.2 Å². The Labute approximate surface area is 209 Å². The van der Waals surface area contributed by atoms with E-state index in [1.807, 2.05) is 31.2 Å². The molecule has 1 aromatic rings. The molecular weight excluding hydrogens is 450 g/mol. The average Bonchev–Trinajstić information content (AvgIpc) is 2.72. The van der Waals surface area contributed by atoms with E-state index >= 15 is 0 Å². The number of ether oxygens (including phenoxy) is 3. The second-order valence-electron chi connectivity index (χ2n) is 10.6. The molecule has 2 amide bonds. The Morgan fingerprint density at radius 3 is 2.17 bits per heavy atom. The number of rotatable bonds is 9. The molecule has 0 aliphatic carbocycles. The van der Waals surface area contributed by atoms with Crippen LogP contribution in [0.4, 0.5) is 10.5 Å². The van der Waals surface area contributed by atoms with Crippen LogP contribution in [0, 0.1) is 0 Å². The molecule has 0 saturated carbocycles. The van der Waals surface area contributed by atoms with E-state index in [4.69, 9.17) is 14.2 Å². The first kappa shape index (κ1) is 28.6. The number of amides is 2. The summed E-state index contributed by atoms with van der Waals surface area (Å²) in [4.78, 5) is 41.7. The summed E-state index contributed by atoms with van der Waals surface area (Å²) in [6.07, 6.45) is -0.453. The quantitative estimate of drug-likeness (QED) is 0.419. The van der Waals surface area contributed by atoms with E-state index in [-0.39, 0.29) is 12.3 Å². The number of esters is 1. The minimum Gasteiger partial charge on any atom is -0.458 e. The Kier molecular flexibility index (Phi) is 10.1. The number of benzene rings is 1. The van der Waals surface area contributed by atoms with Crippen molar-refractivity contribution >= 4 is 23.7 Å². The monoisotopic (exact) mass is 491 g/mol. The summed E-state index contributed by atoms with van der Waals surface area (Å²) in [7, 11) is 0. The van der Waals surface area contributed by atoms with Gasteiger partial charge in [-0.1, -0.05) is 12.1 Å². The molecule has 2 rings (SSSR count). The van der Waals surface area contributed by atoms with Gasteiger partial charge >= 0.3 is 12.1 Å². The van der Waals surface area contributed by atoms with Crippen LogP contribution in [0.25, 0.3) is 0 Å². The number of carbonyl (C=O) groups excluding carboxylic acids is 3. The SMILES string of the molecule is CCOCCN1CCN(c2ccc(C[C@H](NC(=O)OC(C)(C)C)C(=O)OC(C)(C)C)cc2)C(=O)C1. The lowest BCUT2D eigenvalue weighted by atomic mass is 10.0. The zero-order valence-electron chi connectivity index (χ0n) is 22.2. The topological polar surface area (TPSA) is 97.4 Å². The predicted molar refractivity (Wildman–Crippen MR) is 134 cm³/mol. The van der Waals surface area contributed by atoms with E-state index in [1.165, 1.54) is 0 Å². The van der Waals surface area contributed by atoms with Crippen LogP contribution >= 0.6 is 0 Å². The molecule has 1 saturated heterocycles. The van der Waals surface area contributed by atoms with Crippen LogP contribution in [0.5, 0.6) is 0 Å². The standard InChI is InChI=1S/C26H41N3O6/c1-8-33-16-15-28-13-14-29(22(30)18-28)20-11-9-19(10-12-20)17-21(23(31)34-25(2,3)4)27-24(32)35-26(5,6)7/h9-12,21H,8,13-18H2,1-7H3,(H,27,32)/t21-/m0/s1. The van der Waals surface area contributed by atoms with Gasteiger partial charge in [0.05, 0.1) is 13.2 Å². The lowest BCUT2D eigenvalue weighted by Crippen LogP contribution is -2.51. The number of nitrogens with one attached hydrogen (secondary N) is 1. The van der Waals surface area contributed by atoms with Gasteiger partial charge in [0.25, 0.3) is 0 Å². The number of piperazine rings is 1. The van der Waals surface area contributed by atoms with Crippen LogP contribution < -0.4 is 10.2 Å². The number of alkyl carbamates (subject to hydrolysis) is 1. The fourth-order valence-corrected chi connectivity index (χ4v) is 3.59. The van der Waals surface area contributed by atoms with Crippen molar-refractivity contribution in [3.8, 4) is 0 Å². The highest BCUT2D eigenvalue weighted by Crippen LogP contribution is 2.20. The normalized spacial score (nSPS) is 16.1. The fourth-order valence-electron chi connectivity index (χ4n) is 3.59. The van der Waals surface area contributed by atoms with E-state index in [2.05, 4.69) is 10.2 Å². The first-order valence-electron chi connectivity index (χ1n) is 12.2. The Morgan fingerprint density at radius 1 is 1.00 bits per heavy atom. The zero-order chi connectivity index (χ0) is 26.2. The number of hydrogen-bond donors (Lipinski definition) is 1. The zero-order valence-corrected chi connectivity index (χ0v) is 22.2. The van der Waals surface area contributed by atoms with Gasteiger partial charge in [0.2, 0.25) is 5.91 Å². The third-order valence-corrected chi connectivity index (χ3v) is 5.13. The maximum Gasteiger partial charge on any atom is 0.408 e. The van der Waals surface area contributed by atoms with Gasteiger partial charge in [-0.05, 0) is 66.2 Å². The van der Waals surface area contributed by atoms with Crippen molar-refractivity contribution in [2.24, 2.45) is 0 Å². The highest BCUT2D eigenvalue weighted by Gasteiger charge is 2.29. The van der Waals surface area contributed by atoms with Crippen LogP contribution in [-0.2, 0) is 30.2 Å². The first-order chi connectivity index (χ1) is 16.3. The molecule has 1 N–H and O–H groups in total. The molecule has 0 spiro atoms. The molecule has 35 heavy (non-hydrogen) atoms. The molecule has 1 aliphatic rings. The maximum atomic E-state index is 12.8. The molecule has 9 heteroatoms. The van der Waals surface area contributed by atoms with E-state index in [0.29, 0.717) is 26.3 Å². The summed E-state index contributed by atoms with van der Waals surface area (Å²) in [5.41, 5.74) is 0.240. The highest BCUT2D eigenvalue weighted by molar-refractivity contribution is 5.95. The average molecular weight is 492 g/mol. The number of nitrogens with zero attached hydrogens (tertiary/aromatic N) is 2. The van der Waals surface area contributed by atoms with E-state index in [0.717, 1.165) is 24.3 Å². The van der Waals surface area contributed by atoms with Gasteiger partial charge in [-0.2, -0.15) is 0 Å². The summed E-state index contributed by atoms with van der Waals surface area (Å²) in [6, 6.07) is 6.53. The maximum absolute atomic E-state index is 12.8. The molecule has 1 heterocycles. The Hall–Kier alpha value is -2.65. The molecule has 1 fully saturated rings. The Bertz CT molecular complexity index is 857. The van der Waals surface area contributed by atoms with Crippen molar-refractivity contribution in [1.29, 1.82) is 0 Å². The minimum absolute atomic E-state index is 0.0405. The minimum atomic E-state index is -0.912. The molecule has 0 unspecified atom stereocenters. The Balaban J connectivity index is 2.05. The molecule has 1 aromatic carbocycles. The first-order valence-corrected chi connectivity index (χ1v) is 12.2. The molecule has 1 atom stereocenters. The molecule has 9 nitrogen and oxygen atoms in total. The summed E-state index contributed by atoms with van der Waals surface area (Å²) in [6.45, 7) is 16.3. The van der Waals surface area contributed by atoms with Crippen molar-refractivity contribution < 1.29 is 28.6 Å². The summed E-state index contributed by atoms with van der Waals surface area (Å²) >= 11 is 0. The highest BCUT2D eigenvalue weighted by atomic mass is 16.6. The van der Waals surface area contributed by atoms with Crippen molar-refractivity contribution in [1.82, 2.24) is 10.2 Å². The van der Waals surface area contributed by atoms with Crippen LogP contribution in [0.3, 0.4) is 0 Å². The van der Waals surface area contributed by atoms with Crippen LogP contribution in [0.2, 0.25) is 0 Å². The number of carbonyl (C=O) groups is 3. The Morgan fingerprint density at radius 2 is 1.63 bits per heavy atom. The molecule has 196 valence electrons.